The molecule has 3 amide bonds. The van der Waals surface area contributed by atoms with Gasteiger partial charge >= 0.3 is 6.03 Å². The number of amides is 3. The summed E-state index contributed by atoms with van der Waals surface area (Å²) in [6.07, 6.45) is 9.93. The number of carbonyl (C=O) groups excluding carboxylic acids is 2. The van der Waals surface area contributed by atoms with E-state index in [-0.39, 0.29) is 5.91 Å². The van der Waals surface area contributed by atoms with E-state index in [1.54, 1.807) is 12.3 Å². The van der Waals surface area contributed by atoms with Crippen molar-refractivity contribution in [3.8, 4) is 0 Å². The van der Waals surface area contributed by atoms with Crippen molar-refractivity contribution in [2.45, 2.75) is 52.2 Å². The highest BCUT2D eigenvalue weighted by molar-refractivity contribution is 5.96. The Balaban J connectivity index is 1.71. The summed E-state index contributed by atoms with van der Waals surface area (Å²) in [6.45, 7) is 4.16. The van der Waals surface area contributed by atoms with Gasteiger partial charge in [-0.05, 0) is 30.4 Å². The molecule has 0 aliphatic heterocycles. The van der Waals surface area contributed by atoms with Crippen LogP contribution < -0.4 is 5.32 Å². The number of carbonyl (C=O) groups is 2. The molecule has 6 nitrogen and oxygen atoms in total. The molecule has 0 saturated carbocycles. The Bertz CT molecular complexity index is 882. The van der Waals surface area contributed by atoms with Crippen LogP contribution in [0.4, 0.5) is 4.79 Å². The van der Waals surface area contributed by atoms with Crippen molar-refractivity contribution in [2.75, 3.05) is 13.2 Å². The molecular formula is C28H36N2O4. The zero-order valence-corrected chi connectivity index (χ0v) is 20.0. The fraction of sp³-hybridized carbons (Fsp3) is 0.357. The van der Waals surface area contributed by atoms with E-state index in [1.807, 2.05) is 73.7 Å². The zero-order valence-electron chi connectivity index (χ0n) is 20.0. The molecule has 0 radical (unpaired) electrons. The fourth-order valence-corrected chi connectivity index (χ4v) is 3.01. The molecule has 0 aliphatic rings. The third kappa shape index (κ3) is 11.6. The average molecular weight is 465 g/mol. The summed E-state index contributed by atoms with van der Waals surface area (Å²) in [5.74, 6) is -0.222. The number of hydrogen-bond donors (Lipinski definition) is 1. The number of ether oxygens (including phenoxy) is 2. The topological polar surface area (TPSA) is 67.9 Å². The molecule has 34 heavy (non-hydrogen) atoms. The number of benzene rings is 2. The molecular weight excluding hydrogens is 428 g/mol. The first-order valence-corrected chi connectivity index (χ1v) is 11.9. The Kier molecular flexibility index (Phi) is 13.7. The van der Waals surface area contributed by atoms with Crippen LogP contribution in [0.1, 0.15) is 50.2 Å². The maximum absolute atomic E-state index is 12.6. The van der Waals surface area contributed by atoms with Crippen LogP contribution in [0.3, 0.4) is 0 Å². The Morgan fingerprint density at radius 1 is 0.853 bits per heavy atom. The van der Waals surface area contributed by atoms with Gasteiger partial charge in [0.25, 0.3) is 0 Å². The van der Waals surface area contributed by atoms with Crippen LogP contribution in [0.2, 0.25) is 0 Å². The van der Waals surface area contributed by atoms with E-state index in [0.717, 1.165) is 28.9 Å². The van der Waals surface area contributed by atoms with Gasteiger partial charge in [-0.3, -0.25) is 4.79 Å². The Hall–Kier alpha value is -3.22. The van der Waals surface area contributed by atoms with Gasteiger partial charge in [0.1, 0.15) is 0 Å². The fourth-order valence-electron chi connectivity index (χ4n) is 3.01. The lowest BCUT2D eigenvalue weighted by atomic mass is 10.2. The van der Waals surface area contributed by atoms with Crippen LogP contribution in [0.15, 0.2) is 85.2 Å². The van der Waals surface area contributed by atoms with E-state index in [2.05, 4.69) is 5.32 Å². The lowest BCUT2D eigenvalue weighted by molar-refractivity contribution is -0.126. The van der Waals surface area contributed by atoms with E-state index in [9.17, 15) is 9.59 Å². The van der Waals surface area contributed by atoms with Crippen LogP contribution in [0.5, 0.6) is 0 Å². The van der Waals surface area contributed by atoms with Crippen molar-refractivity contribution in [3.63, 3.8) is 0 Å². The first-order valence-electron chi connectivity index (χ1n) is 11.9. The van der Waals surface area contributed by atoms with Crippen molar-refractivity contribution in [1.82, 2.24) is 10.2 Å². The molecule has 0 unspecified atom stereocenters. The van der Waals surface area contributed by atoms with Gasteiger partial charge < -0.3 is 14.8 Å². The van der Waals surface area contributed by atoms with Gasteiger partial charge in [0, 0.05) is 18.8 Å². The molecule has 0 heterocycles. The summed E-state index contributed by atoms with van der Waals surface area (Å²) in [5.41, 5.74) is 2.23. The summed E-state index contributed by atoms with van der Waals surface area (Å²) in [7, 11) is 0. The van der Waals surface area contributed by atoms with Gasteiger partial charge in [-0.25, -0.2) is 9.69 Å². The largest absolute Gasteiger partial charge is 0.376 e. The molecule has 0 atom stereocenters. The second-order valence-corrected chi connectivity index (χ2v) is 7.76. The highest BCUT2D eigenvalue weighted by Crippen LogP contribution is 2.05. The van der Waals surface area contributed by atoms with Gasteiger partial charge in [-0.15, -0.1) is 0 Å². The quantitative estimate of drug-likeness (QED) is 0.331. The molecule has 2 rings (SSSR count). The first-order chi connectivity index (χ1) is 16.7. The average Bonchev–Trinajstić information content (AvgIpc) is 2.87. The van der Waals surface area contributed by atoms with Crippen LogP contribution in [-0.2, 0) is 27.5 Å². The Labute approximate surface area is 203 Å². The van der Waals surface area contributed by atoms with E-state index >= 15 is 0 Å². The van der Waals surface area contributed by atoms with Gasteiger partial charge in [0.05, 0.1) is 26.4 Å². The first kappa shape index (κ1) is 27.0. The van der Waals surface area contributed by atoms with Gasteiger partial charge in [0.2, 0.25) is 5.91 Å². The number of hydrogen-bond acceptors (Lipinski definition) is 4. The molecule has 0 saturated heterocycles. The Morgan fingerprint density at radius 3 is 1.97 bits per heavy atom. The molecule has 0 fully saturated rings. The summed E-state index contributed by atoms with van der Waals surface area (Å²) >= 11 is 0. The van der Waals surface area contributed by atoms with Gasteiger partial charge in [-0.1, -0.05) is 86.2 Å². The molecule has 0 aromatic heterocycles. The number of urea groups is 1. The van der Waals surface area contributed by atoms with E-state index in [4.69, 9.17) is 9.47 Å². The van der Waals surface area contributed by atoms with Crippen molar-refractivity contribution < 1.29 is 19.1 Å². The summed E-state index contributed by atoms with van der Waals surface area (Å²) in [5, 5.41) is 2.67. The predicted octanol–water partition coefficient (Wildman–Crippen LogP) is 5.96. The van der Waals surface area contributed by atoms with Gasteiger partial charge in [-0.2, -0.15) is 0 Å². The number of unbranched alkanes of at least 4 members (excludes halogenated alkanes) is 1. The maximum atomic E-state index is 12.6. The minimum absolute atomic E-state index is 0.222. The zero-order chi connectivity index (χ0) is 24.3. The third-order valence-electron chi connectivity index (χ3n) is 4.89. The SMILES string of the molecule is CCCCC(=O)N(/C=C\CCOCc1ccccc1)C(=O)N/C=C\CCOCc1ccccc1. The third-order valence-corrected chi connectivity index (χ3v) is 4.89. The van der Waals surface area contributed by atoms with E-state index in [0.29, 0.717) is 45.7 Å². The summed E-state index contributed by atoms with van der Waals surface area (Å²) in [6, 6.07) is 19.4. The van der Waals surface area contributed by atoms with Crippen molar-refractivity contribution in [3.05, 3.63) is 96.3 Å². The number of imide groups is 1. The van der Waals surface area contributed by atoms with Crippen LogP contribution in [-0.4, -0.2) is 30.1 Å². The molecule has 182 valence electrons. The van der Waals surface area contributed by atoms with Crippen molar-refractivity contribution in [2.24, 2.45) is 0 Å². The van der Waals surface area contributed by atoms with Crippen molar-refractivity contribution >= 4 is 11.9 Å². The normalized spacial score (nSPS) is 11.2. The Morgan fingerprint density at radius 2 is 1.41 bits per heavy atom. The summed E-state index contributed by atoms with van der Waals surface area (Å²) < 4.78 is 11.3. The van der Waals surface area contributed by atoms with Crippen LogP contribution in [0.25, 0.3) is 0 Å². The molecule has 2 aromatic rings. The van der Waals surface area contributed by atoms with Gasteiger partial charge in [0.15, 0.2) is 0 Å². The lowest BCUT2D eigenvalue weighted by Crippen LogP contribution is -2.38. The van der Waals surface area contributed by atoms with Crippen LogP contribution >= 0.6 is 0 Å². The molecule has 6 heteroatoms. The molecule has 0 aliphatic carbocycles. The highest BCUT2D eigenvalue weighted by Gasteiger charge is 2.17. The number of nitrogens with one attached hydrogen (secondary N) is 1. The number of nitrogens with zero attached hydrogens (tertiary/aromatic N) is 1. The standard InChI is InChI=1S/C28H36N2O4/c1-2-3-18-27(31)30(20-11-13-22-34-24-26-16-8-5-9-17-26)28(32)29-19-10-12-21-33-23-25-14-6-4-7-15-25/h4-11,14-17,19-20H,2-3,12-13,18,21-24H2,1H3,(H,29,32)/b19-10-,20-11-. The monoisotopic (exact) mass is 464 g/mol. The van der Waals surface area contributed by atoms with Crippen molar-refractivity contribution in [1.29, 1.82) is 0 Å². The van der Waals surface area contributed by atoms with Crippen LogP contribution in [0, 0.1) is 0 Å². The molecule has 1 N–H and O–H groups in total. The van der Waals surface area contributed by atoms with E-state index in [1.165, 1.54) is 6.20 Å². The molecule has 0 bridgehead atoms. The van der Waals surface area contributed by atoms with E-state index < -0.39 is 6.03 Å². The minimum Gasteiger partial charge on any atom is -0.376 e. The second-order valence-electron chi connectivity index (χ2n) is 7.76. The highest BCUT2D eigenvalue weighted by atomic mass is 16.5. The predicted molar refractivity (Wildman–Crippen MR) is 135 cm³/mol. The maximum Gasteiger partial charge on any atom is 0.332 e. The summed E-state index contributed by atoms with van der Waals surface area (Å²) in [4.78, 5) is 26.2. The second kappa shape index (κ2) is 17.3. The smallest absolute Gasteiger partial charge is 0.332 e. The lowest BCUT2D eigenvalue weighted by Gasteiger charge is -2.16. The molecule has 2 aromatic carbocycles. The minimum atomic E-state index is -0.469. The number of rotatable bonds is 15. The molecule has 0 spiro atoms.